The normalized spacial score (nSPS) is 10.5. The van der Waals surface area contributed by atoms with Gasteiger partial charge in [-0.2, -0.15) is 0 Å². The molecule has 2 heterocycles. The van der Waals surface area contributed by atoms with Gasteiger partial charge in [0.05, 0.1) is 5.75 Å². The predicted octanol–water partition coefficient (Wildman–Crippen LogP) is 2.94. The van der Waals surface area contributed by atoms with Gasteiger partial charge in [0.1, 0.15) is 9.35 Å². The summed E-state index contributed by atoms with van der Waals surface area (Å²) >= 11 is 10.3. The van der Waals surface area contributed by atoms with Crippen molar-refractivity contribution in [2.24, 2.45) is 0 Å². The summed E-state index contributed by atoms with van der Waals surface area (Å²) in [5, 5.41) is 10.5. The van der Waals surface area contributed by atoms with E-state index in [1.54, 1.807) is 29.3 Å². The maximum absolute atomic E-state index is 5.64. The molecule has 3 nitrogen and oxygen atoms in total. The summed E-state index contributed by atoms with van der Waals surface area (Å²) in [6.07, 6.45) is 1.79. The van der Waals surface area contributed by atoms with Crippen LogP contribution in [0, 0.1) is 0 Å². The van der Waals surface area contributed by atoms with Gasteiger partial charge in [-0.25, -0.2) is 4.98 Å². The molecule has 0 bridgehead atoms. The molecule has 13 heavy (non-hydrogen) atoms. The van der Waals surface area contributed by atoms with Crippen LogP contribution in [0.15, 0.2) is 15.9 Å². The van der Waals surface area contributed by atoms with Crippen molar-refractivity contribution in [3.05, 3.63) is 21.1 Å². The third kappa shape index (κ3) is 2.63. The second-order valence-electron chi connectivity index (χ2n) is 2.04. The number of halogens is 1. The van der Waals surface area contributed by atoms with Gasteiger partial charge < -0.3 is 0 Å². The molecular formula is C6H4ClN3S3. The first-order valence-corrected chi connectivity index (χ1v) is 6.41. The first-order chi connectivity index (χ1) is 6.34. The van der Waals surface area contributed by atoms with Gasteiger partial charge in [0.2, 0.25) is 4.47 Å². The SMILES string of the molecule is Clc1nnc(CSc2nccs2)s1. The molecule has 68 valence electrons. The highest BCUT2D eigenvalue weighted by Crippen LogP contribution is 2.26. The molecule has 0 saturated heterocycles. The van der Waals surface area contributed by atoms with E-state index < -0.39 is 0 Å². The van der Waals surface area contributed by atoms with E-state index >= 15 is 0 Å². The molecule has 2 aromatic rings. The maximum atomic E-state index is 5.64. The van der Waals surface area contributed by atoms with E-state index in [4.69, 9.17) is 11.6 Å². The monoisotopic (exact) mass is 249 g/mol. The highest BCUT2D eigenvalue weighted by molar-refractivity contribution is 8.00. The molecule has 0 aliphatic carbocycles. The van der Waals surface area contributed by atoms with Crippen LogP contribution >= 0.6 is 46.0 Å². The van der Waals surface area contributed by atoms with Crippen molar-refractivity contribution < 1.29 is 0 Å². The Morgan fingerprint density at radius 3 is 3.00 bits per heavy atom. The molecule has 0 radical (unpaired) electrons. The molecule has 0 amide bonds. The molecule has 0 fully saturated rings. The fourth-order valence-corrected chi connectivity index (χ4v) is 3.19. The summed E-state index contributed by atoms with van der Waals surface area (Å²) in [6.45, 7) is 0. The van der Waals surface area contributed by atoms with Crippen molar-refractivity contribution in [1.29, 1.82) is 0 Å². The largest absolute Gasteiger partial charge is 0.238 e. The molecule has 0 spiro atoms. The highest BCUT2D eigenvalue weighted by Gasteiger charge is 2.03. The first-order valence-electron chi connectivity index (χ1n) is 3.35. The maximum Gasteiger partial charge on any atom is 0.207 e. The number of thiazole rings is 1. The Balaban J connectivity index is 1.93. The van der Waals surface area contributed by atoms with Crippen LogP contribution in [-0.2, 0) is 5.75 Å². The Kier molecular flexibility index (Phi) is 3.15. The Hall–Kier alpha value is -0.170. The van der Waals surface area contributed by atoms with Crippen LogP contribution in [0.25, 0.3) is 0 Å². The smallest absolute Gasteiger partial charge is 0.207 e. The van der Waals surface area contributed by atoms with E-state index in [-0.39, 0.29) is 0 Å². The number of aromatic nitrogens is 3. The Morgan fingerprint density at radius 2 is 2.38 bits per heavy atom. The molecule has 2 rings (SSSR count). The van der Waals surface area contributed by atoms with Crippen molar-refractivity contribution in [2.45, 2.75) is 10.1 Å². The van der Waals surface area contributed by atoms with Gasteiger partial charge in [0, 0.05) is 11.6 Å². The fraction of sp³-hybridized carbons (Fsp3) is 0.167. The lowest BCUT2D eigenvalue weighted by Gasteiger charge is -1.89. The summed E-state index contributed by atoms with van der Waals surface area (Å²) in [7, 11) is 0. The number of thioether (sulfide) groups is 1. The molecule has 7 heteroatoms. The van der Waals surface area contributed by atoms with E-state index in [1.807, 2.05) is 5.38 Å². The van der Waals surface area contributed by atoms with E-state index in [1.165, 1.54) is 11.3 Å². The van der Waals surface area contributed by atoms with Crippen LogP contribution in [0.3, 0.4) is 0 Å². The topological polar surface area (TPSA) is 38.7 Å². The van der Waals surface area contributed by atoms with Gasteiger partial charge >= 0.3 is 0 Å². The van der Waals surface area contributed by atoms with Gasteiger partial charge in [0.15, 0.2) is 0 Å². The van der Waals surface area contributed by atoms with E-state index in [9.17, 15) is 0 Å². The average Bonchev–Trinajstić information content (AvgIpc) is 2.71. The minimum Gasteiger partial charge on any atom is -0.238 e. The lowest BCUT2D eigenvalue weighted by atomic mass is 10.9. The molecule has 0 atom stereocenters. The second-order valence-corrected chi connectivity index (χ2v) is 5.80. The minimum absolute atomic E-state index is 0.495. The van der Waals surface area contributed by atoms with Gasteiger partial charge in [-0.1, -0.05) is 23.1 Å². The lowest BCUT2D eigenvalue weighted by Crippen LogP contribution is -1.77. The highest BCUT2D eigenvalue weighted by atomic mass is 35.5. The van der Waals surface area contributed by atoms with Crippen LogP contribution in [0.4, 0.5) is 0 Å². The molecular weight excluding hydrogens is 246 g/mol. The molecule has 2 aromatic heterocycles. The molecule has 0 aliphatic heterocycles. The predicted molar refractivity (Wildman–Crippen MR) is 56.6 cm³/mol. The lowest BCUT2D eigenvalue weighted by molar-refractivity contribution is 1.04. The quantitative estimate of drug-likeness (QED) is 0.784. The third-order valence-corrected chi connectivity index (χ3v) is 4.35. The molecule has 0 saturated carbocycles. The molecule has 0 aliphatic rings. The Bertz CT molecular complexity index is 372. The summed E-state index contributed by atoms with van der Waals surface area (Å²) < 4.78 is 1.54. The summed E-state index contributed by atoms with van der Waals surface area (Å²) in [5.74, 6) is 0.790. The Morgan fingerprint density at radius 1 is 1.46 bits per heavy atom. The van der Waals surface area contributed by atoms with Crippen molar-refractivity contribution >= 4 is 46.0 Å². The van der Waals surface area contributed by atoms with Gasteiger partial charge in [-0.05, 0) is 11.6 Å². The van der Waals surface area contributed by atoms with E-state index in [2.05, 4.69) is 15.2 Å². The molecule has 0 aromatic carbocycles. The van der Waals surface area contributed by atoms with Crippen LogP contribution in [0.1, 0.15) is 5.01 Å². The molecule has 0 N–H and O–H groups in total. The number of rotatable bonds is 3. The van der Waals surface area contributed by atoms with Crippen molar-refractivity contribution in [3.63, 3.8) is 0 Å². The van der Waals surface area contributed by atoms with Gasteiger partial charge in [-0.15, -0.1) is 21.5 Å². The standard InChI is InChI=1S/C6H4ClN3S3/c7-5-10-9-4(13-5)3-12-6-8-1-2-11-6/h1-2H,3H2. The molecule has 0 unspecified atom stereocenters. The van der Waals surface area contributed by atoms with Gasteiger partial charge in [0.25, 0.3) is 0 Å². The zero-order valence-electron chi connectivity index (χ0n) is 6.31. The zero-order valence-corrected chi connectivity index (χ0v) is 9.51. The summed E-state index contributed by atoms with van der Waals surface area (Å²) in [4.78, 5) is 4.14. The Labute approximate surface area is 92.2 Å². The summed E-state index contributed by atoms with van der Waals surface area (Å²) in [6, 6.07) is 0. The van der Waals surface area contributed by atoms with E-state index in [0.29, 0.717) is 4.47 Å². The van der Waals surface area contributed by atoms with Crippen molar-refractivity contribution in [3.8, 4) is 0 Å². The first kappa shape index (κ1) is 9.39. The number of hydrogen-bond acceptors (Lipinski definition) is 6. The van der Waals surface area contributed by atoms with Crippen LogP contribution < -0.4 is 0 Å². The van der Waals surface area contributed by atoms with Crippen molar-refractivity contribution in [2.75, 3.05) is 0 Å². The van der Waals surface area contributed by atoms with Gasteiger partial charge in [-0.3, -0.25) is 0 Å². The number of hydrogen-bond donors (Lipinski definition) is 0. The second kappa shape index (κ2) is 4.36. The zero-order chi connectivity index (χ0) is 9.10. The van der Waals surface area contributed by atoms with Crippen LogP contribution in [-0.4, -0.2) is 15.2 Å². The van der Waals surface area contributed by atoms with Crippen molar-refractivity contribution in [1.82, 2.24) is 15.2 Å². The average molecular weight is 250 g/mol. The van der Waals surface area contributed by atoms with Crippen LogP contribution in [0.5, 0.6) is 0 Å². The van der Waals surface area contributed by atoms with E-state index in [0.717, 1.165) is 15.1 Å². The number of nitrogens with zero attached hydrogens (tertiary/aromatic N) is 3. The third-order valence-electron chi connectivity index (χ3n) is 1.17. The fourth-order valence-electron chi connectivity index (χ4n) is 0.697. The minimum atomic E-state index is 0.495. The van der Waals surface area contributed by atoms with Crippen LogP contribution in [0.2, 0.25) is 4.47 Å². The summed E-state index contributed by atoms with van der Waals surface area (Å²) in [5.41, 5.74) is 0.